The molecule has 0 bridgehead atoms. The number of carboxylic acids is 1. The lowest BCUT2D eigenvalue weighted by molar-refractivity contribution is 0.0693. The van der Waals surface area contributed by atoms with Gasteiger partial charge in [-0.05, 0) is 42.8 Å². The van der Waals surface area contributed by atoms with Crippen LogP contribution in [0.4, 0.5) is 10.1 Å². The molecule has 0 aliphatic carbocycles. The second-order valence-electron chi connectivity index (χ2n) is 5.57. The second-order valence-corrected chi connectivity index (χ2v) is 7.23. The highest BCUT2D eigenvalue weighted by Crippen LogP contribution is 2.28. The van der Waals surface area contributed by atoms with Crippen molar-refractivity contribution >= 4 is 21.7 Å². The lowest BCUT2D eigenvalue weighted by Crippen LogP contribution is -2.16. The normalized spacial score (nSPS) is 11.3. The fraction of sp³-hybridized carbons (Fsp3) is 0.0625. The summed E-state index contributed by atoms with van der Waals surface area (Å²) in [6, 6.07) is 5.55. The summed E-state index contributed by atoms with van der Waals surface area (Å²) >= 11 is 0. The van der Waals surface area contributed by atoms with Gasteiger partial charge in [0.05, 0.1) is 10.6 Å². The molecule has 0 amide bonds. The highest BCUT2D eigenvalue weighted by molar-refractivity contribution is 7.92. The first-order chi connectivity index (χ1) is 12.7. The average Bonchev–Trinajstić information content (AvgIpc) is 3.10. The number of aromatic nitrogens is 3. The maximum Gasteiger partial charge on any atom is 0.339 e. The number of H-pyrrole nitrogens is 1. The van der Waals surface area contributed by atoms with Crippen molar-refractivity contribution in [2.24, 2.45) is 0 Å². The summed E-state index contributed by atoms with van der Waals surface area (Å²) in [4.78, 5) is 14.6. The minimum atomic E-state index is -4.31. The van der Waals surface area contributed by atoms with E-state index >= 15 is 0 Å². The smallest absolute Gasteiger partial charge is 0.339 e. The summed E-state index contributed by atoms with van der Waals surface area (Å²) in [6.07, 6.45) is 1.25. The van der Waals surface area contributed by atoms with Gasteiger partial charge in [0.2, 0.25) is 0 Å². The van der Waals surface area contributed by atoms with Crippen LogP contribution in [-0.2, 0) is 10.0 Å². The zero-order chi connectivity index (χ0) is 19.8. The first-order valence-electron chi connectivity index (χ1n) is 7.44. The van der Waals surface area contributed by atoms with Crippen LogP contribution >= 0.6 is 0 Å². The molecule has 3 rings (SSSR count). The van der Waals surface area contributed by atoms with Crippen LogP contribution in [0.3, 0.4) is 0 Å². The molecule has 1 heterocycles. The monoisotopic (exact) mass is 392 g/mol. The van der Waals surface area contributed by atoms with Gasteiger partial charge >= 0.3 is 5.97 Å². The van der Waals surface area contributed by atoms with Gasteiger partial charge in [-0.3, -0.25) is 9.82 Å². The van der Waals surface area contributed by atoms with Gasteiger partial charge in [0.1, 0.15) is 23.5 Å². The Bertz CT molecular complexity index is 1130. The zero-order valence-electron chi connectivity index (χ0n) is 13.8. The number of aryl methyl sites for hydroxylation is 1. The van der Waals surface area contributed by atoms with Crippen molar-refractivity contribution < 1.29 is 27.8 Å². The van der Waals surface area contributed by atoms with Crippen molar-refractivity contribution in [2.45, 2.75) is 11.8 Å². The molecular weight excluding hydrogens is 379 g/mol. The molecule has 0 atom stereocenters. The molecule has 0 saturated carbocycles. The van der Waals surface area contributed by atoms with Gasteiger partial charge in [0.15, 0.2) is 5.82 Å². The molecule has 4 N–H and O–H groups in total. The Hall–Kier alpha value is -3.47. The van der Waals surface area contributed by atoms with E-state index in [-0.39, 0.29) is 11.3 Å². The van der Waals surface area contributed by atoms with Gasteiger partial charge in [-0.15, -0.1) is 0 Å². The van der Waals surface area contributed by atoms with Gasteiger partial charge in [-0.25, -0.2) is 22.6 Å². The quantitative estimate of drug-likeness (QED) is 0.520. The molecule has 1 aromatic heterocycles. The number of aromatic amines is 1. The number of rotatable bonds is 5. The number of nitrogens with zero attached hydrogens (tertiary/aromatic N) is 2. The number of aromatic carboxylic acids is 1. The molecule has 140 valence electrons. The molecule has 0 saturated heterocycles. The van der Waals surface area contributed by atoms with Crippen molar-refractivity contribution in [3.05, 3.63) is 53.6 Å². The number of phenols is 1. The Balaban J connectivity index is 1.98. The third-order valence-electron chi connectivity index (χ3n) is 3.72. The topological polar surface area (TPSA) is 145 Å². The molecule has 0 fully saturated rings. The van der Waals surface area contributed by atoms with Crippen LogP contribution < -0.4 is 4.72 Å². The number of aromatic hydroxyl groups is 1. The number of hydrogen-bond acceptors (Lipinski definition) is 6. The maximum absolute atomic E-state index is 14.3. The van der Waals surface area contributed by atoms with E-state index in [1.54, 1.807) is 0 Å². The second kappa shape index (κ2) is 6.68. The first kappa shape index (κ1) is 18.3. The number of benzene rings is 2. The Morgan fingerprint density at radius 3 is 2.59 bits per heavy atom. The summed E-state index contributed by atoms with van der Waals surface area (Å²) in [7, 11) is -4.31. The van der Waals surface area contributed by atoms with E-state index in [4.69, 9.17) is 5.11 Å². The zero-order valence-corrected chi connectivity index (χ0v) is 14.6. The number of nitrogens with one attached hydrogen (secondary N) is 2. The molecule has 0 unspecified atom stereocenters. The standard InChI is InChI=1S/C16H13FN4O5S/c1-8-4-13(22)10(16(23)24)6-14(8)27(25,26)21-12-3-2-9(5-11(12)17)15-18-7-19-20-15/h2-7,21-22H,1H3,(H,23,24)(H,18,19,20). The molecule has 0 aliphatic rings. The third kappa shape index (κ3) is 3.58. The van der Waals surface area contributed by atoms with Gasteiger partial charge < -0.3 is 10.2 Å². The van der Waals surface area contributed by atoms with Gasteiger partial charge in [0, 0.05) is 5.56 Å². The molecule has 2 aromatic carbocycles. The highest BCUT2D eigenvalue weighted by Gasteiger charge is 2.23. The number of hydrogen-bond donors (Lipinski definition) is 4. The predicted octanol–water partition coefficient (Wildman–Crippen LogP) is 2.12. The molecule has 27 heavy (non-hydrogen) atoms. The van der Waals surface area contributed by atoms with Crippen LogP contribution in [-0.4, -0.2) is 39.8 Å². The lowest BCUT2D eigenvalue weighted by Gasteiger charge is -2.13. The highest BCUT2D eigenvalue weighted by atomic mass is 32.2. The summed E-state index contributed by atoms with van der Waals surface area (Å²) in [5, 5.41) is 24.9. The fourth-order valence-corrected chi connectivity index (χ4v) is 3.74. The minimum Gasteiger partial charge on any atom is -0.507 e. The molecule has 3 aromatic rings. The van der Waals surface area contributed by atoms with Crippen molar-refractivity contribution in [3.8, 4) is 17.1 Å². The summed E-state index contributed by atoms with van der Waals surface area (Å²) in [6.45, 7) is 1.38. The fourth-order valence-electron chi connectivity index (χ4n) is 2.42. The summed E-state index contributed by atoms with van der Waals surface area (Å²) < 4.78 is 41.6. The number of sulfonamides is 1. The van der Waals surface area contributed by atoms with E-state index in [1.807, 2.05) is 0 Å². The largest absolute Gasteiger partial charge is 0.507 e. The molecule has 0 aliphatic heterocycles. The van der Waals surface area contributed by atoms with Crippen LogP contribution in [0, 0.1) is 12.7 Å². The van der Waals surface area contributed by atoms with E-state index in [0.717, 1.165) is 18.2 Å². The summed E-state index contributed by atoms with van der Waals surface area (Å²) in [5.41, 5.74) is -0.449. The van der Waals surface area contributed by atoms with E-state index in [1.165, 1.54) is 25.4 Å². The number of carboxylic acid groups (broad SMARTS) is 1. The van der Waals surface area contributed by atoms with Crippen LogP contribution in [0.5, 0.6) is 5.75 Å². The predicted molar refractivity (Wildman–Crippen MR) is 92.4 cm³/mol. The van der Waals surface area contributed by atoms with Gasteiger partial charge in [-0.1, -0.05) is 0 Å². The third-order valence-corrected chi connectivity index (χ3v) is 5.22. The molecule has 9 nitrogen and oxygen atoms in total. The number of anilines is 1. The van der Waals surface area contributed by atoms with Crippen molar-refractivity contribution in [3.63, 3.8) is 0 Å². The Kier molecular flexibility index (Phi) is 4.54. The Morgan fingerprint density at radius 2 is 2.00 bits per heavy atom. The van der Waals surface area contributed by atoms with Crippen LogP contribution in [0.15, 0.2) is 41.6 Å². The lowest BCUT2D eigenvalue weighted by atomic mass is 10.1. The van der Waals surface area contributed by atoms with Crippen molar-refractivity contribution in [1.82, 2.24) is 15.2 Å². The number of halogens is 1. The van der Waals surface area contributed by atoms with Gasteiger partial charge in [0.25, 0.3) is 10.0 Å². The Morgan fingerprint density at radius 1 is 1.26 bits per heavy atom. The van der Waals surface area contributed by atoms with Crippen molar-refractivity contribution in [2.75, 3.05) is 4.72 Å². The average molecular weight is 392 g/mol. The molecular formula is C16H13FN4O5S. The Labute approximate surface area is 152 Å². The number of carbonyl (C=O) groups is 1. The van der Waals surface area contributed by atoms with Crippen LogP contribution in [0.2, 0.25) is 0 Å². The van der Waals surface area contributed by atoms with Crippen molar-refractivity contribution in [1.29, 1.82) is 0 Å². The molecule has 0 spiro atoms. The van der Waals surface area contributed by atoms with E-state index in [9.17, 15) is 22.7 Å². The van der Waals surface area contributed by atoms with E-state index in [2.05, 4.69) is 19.9 Å². The summed E-state index contributed by atoms with van der Waals surface area (Å²) in [5.74, 6) is -2.61. The van der Waals surface area contributed by atoms with Gasteiger partial charge in [-0.2, -0.15) is 5.10 Å². The van der Waals surface area contributed by atoms with Crippen LogP contribution in [0.25, 0.3) is 11.4 Å². The molecule has 11 heteroatoms. The maximum atomic E-state index is 14.3. The van der Waals surface area contributed by atoms with E-state index in [0.29, 0.717) is 11.4 Å². The SMILES string of the molecule is Cc1cc(O)c(C(=O)O)cc1S(=O)(=O)Nc1ccc(-c2ncn[nH]2)cc1F. The molecule has 0 radical (unpaired) electrons. The van der Waals surface area contributed by atoms with Crippen LogP contribution in [0.1, 0.15) is 15.9 Å². The first-order valence-corrected chi connectivity index (χ1v) is 8.92. The van der Waals surface area contributed by atoms with E-state index < -0.39 is 38.0 Å². The minimum absolute atomic E-state index is 0.101.